The molecule has 1 aromatic heterocycles. The van der Waals surface area contributed by atoms with Gasteiger partial charge in [-0.25, -0.2) is 0 Å². The maximum absolute atomic E-state index is 12.0. The van der Waals surface area contributed by atoms with Crippen LogP contribution in [0.3, 0.4) is 0 Å². The van der Waals surface area contributed by atoms with E-state index in [1.165, 1.54) is 19.4 Å². The minimum absolute atomic E-state index is 0.0603. The second-order valence-corrected chi connectivity index (χ2v) is 6.17. The summed E-state index contributed by atoms with van der Waals surface area (Å²) in [4.78, 5) is 26.7. The smallest absolute Gasteiger partial charge is 0.257 e. The maximum atomic E-state index is 12.0. The Bertz CT molecular complexity index is 962. The molecule has 6 heteroatoms. The first kappa shape index (κ1) is 18.5. The van der Waals surface area contributed by atoms with Crippen molar-refractivity contribution in [1.82, 2.24) is 10.3 Å². The Morgan fingerprint density at radius 2 is 1.93 bits per heavy atom. The van der Waals surface area contributed by atoms with Crippen molar-refractivity contribution in [3.8, 4) is 11.5 Å². The van der Waals surface area contributed by atoms with Crippen LogP contribution in [0.5, 0.6) is 11.5 Å². The molecule has 0 radical (unpaired) electrons. The van der Waals surface area contributed by atoms with Gasteiger partial charge in [0.25, 0.3) is 5.91 Å². The molecule has 140 valence electrons. The van der Waals surface area contributed by atoms with Crippen molar-refractivity contribution >= 4 is 22.6 Å². The number of H-pyrrole nitrogens is 1. The topological polar surface area (TPSA) is 80.4 Å². The summed E-state index contributed by atoms with van der Waals surface area (Å²) in [6, 6.07) is 12.9. The second-order valence-electron chi connectivity index (χ2n) is 6.17. The summed E-state index contributed by atoms with van der Waals surface area (Å²) in [5.41, 5.74) is 2.78. The minimum Gasteiger partial charge on any atom is -0.493 e. The summed E-state index contributed by atoms with van der Waals surface area (Å²) >= 11 is 0. The number of Topliss-reactive ketones (excluding diaryl/α,β-unsaturated/α-hetero) is 1. The minimum atomic E-state index is -0.215. The maximum Gasteiger partial charge on any atom is 0.257 e. The fourth-order valence-corrected chi connectivity index (χ4v) is 2.88. The molecule has 0 unspecified atom stereocenters. The molecule has 1 amide bonds. The number of ether oxygens (including phenoxy) is 2. The number of hydrogen-bond acceptors (Lipinski definition) is 4. The zero-order valence-corrected chi connectivity index (χ0v) is 15.4. The lowest BCUT2D eigenvalue weighted by atomic mass is 10.1. The fourth-order valence-electron chi connectivity index (χ4n) is 2.88. The first-order valence-electron chi connectivity index (χ1n) is 8.72. The molecule has 0 saturated carbocycles. The Morgan fingerprint density at radius 1 is 1.11 bits per heavy atom. The van der Waals surface area contributed by atoms with Crippen LogP contribution in [-0.4, -0.2) is 36.9 Å². The molecule has 0 aliphatic rings. The van der Waals surface area contributed by atoms with Gasteiger partial charge in [0, 0.05) is 29.2 Å². The Labute approximate surface area is 157 Å². The Balaban J connectivity index is 1.50. The van der Waals surface area contributed by atoms with E-state index in [-0.39, 0.29) is 18.3 Å². The average Bonchev–Trinajstić information content (AvgIpc) is 3.09. The summed E-state index contributed by atoms with van der Waals surface area (Å²) in [6.45, 7) is 1.88. The Hall–Kier alpha value is -3.28. The van der Waals surface area contributed by atoms with Gasteiger partial charge in [-0.2, -0.15) is 0 Å². The normalized spacial score (nSPS) is 10.6. The van der Waals surface area contributed by atoms with Crippen LogP contribution in [0.4, 0.5) is 0 Å². The molecule has 2 N–H and O–H groups in total. The first-order chi connectivity index (χ1) is 13.1. The standard InChI is InChI=1S/C21H22N2O4/c1-14(24)15-7-8-19(20(11-15)26-2)27-13-21(25)22-10-9-16-12-23-18-6-4-3-5-17(16)18/h3-8,11-12,23H,9-10,13H2,1-2H3,(H,22,25). The van der Waals surface area contributed by atoms with E-state index in [9.17, 15) is 9.59 Å². The van der Waals surface area contributed by atoms with Crippen molar-refractivity contribution in [2.45, 2.75) is 13.3 Å². The van der Waals surface area contributed by atoms with Crippen LogP contribution in [-0.2, 0) is 11.2 Å². The molecule has 0 spiro atoms. The van der Waals surface area contributed by atoms with Crippen LogP contribution in [0.25, 0.3) is 10.9 Å². The van der Waals surface area contributed by atoms with Gasteiger partial charge in [-0.3, -0.25) is 9.59 Å². The number of para-hydroxylation sites is 1. The van der Waals surface area contributed by atoms with Gasteiger partial charge < -0.3 is 19.8 Å². The molecule has 0 aliphatic carbocycles. The van der Waals surface area contributed by atoms with E-state index in [4.69, 9.17) is 9.47 Å². The molecular weight excluding hydrogens is 344 g/mol. The van der Waals surface area contributed by atoms with Crippen LogP contribution < -0.4 is 14.8 Å². The van der Waals surface area contributed by atoms with E-state index >= 15 is 0 Å². The summed E-state index contributed by atoms with van der Waals surface area (Å²) < 4.78 is 10.8. The van der Waals surface area contributed by atoms with Crippen LogP contribution in [0.15, 0.2) is 48.7 Å². The number of rotatable bonds is 8. The number of carbonyl (C=O) groups excluding carboxylic acids is 2. The molecule has 3 aromatic rings. The molecule has 0 bridgehead atoms. The van der Waals surface area contributed by atoms with Crippen molar-refractivity contribution in [2.24, 2.45) is 0 Å². The van der Waals surface area contributed by atoms with Crippen molar-refractivity contribution in [3.05, 3.63) is 59.8 Å². The summed E-state index contributed by atoms with van der Waals surface area (Å²) in [5, 5.41) is 4.02. The van der Waals surface area contributed by atoms with Crippen LogP contribution in [0.2, 0.25) is 0 Å². The number of aromatic amines is 1. The zero-order chi connectivity index (χ0) is 19.2. The fraction of sp³-hybridized carbons (Fsp3) is 0.238. The van der Waals surface area contributed by atoms with E-state index in [1.54, 1.807) is 18.2 Å². The predicted octanol–water partition coefficient (Wildman–Crippen LogP) is 3.12. The molecular formula is C21H22N2O4. The van der Waals surface area contributed by atoms with Crippen molar-refractivity contribution in [2.75, 3.05) is 20.3 Å². The zero-order valence-electron chi connectivity index (χ0n) is 15.4. The largest absolute Gasteiger partial charge is 0.493 e. The van der Waals surface area contributed by atoms with E-state index in [0.717, 1.165) is 17.5 Å². The number of ketones is 1. The Morgan fingerprint density at radius 3 is 2.70 bits per heavy atom. The number of amides is 1. The van der Waals surface area contributed by atoms with Crippen LogP contribution in [0.1, 0.15) is 22.8 Å². The van der Waals surface area contributed by atoms with Gasteiger partial charge >= 0.3 is 0 Å². The lowest BCUT2D eigenvalue weighted by molar-refractivity contribution is -0.123. The number of benzene rings is 2. The monoisotopic (exact) mass is 366 g/mol. The number of nitrogens with one attached hydrogen (secondary N) is 2. The highest BCUT2D eigenvalue weighted by Crippen LogP contribution is 2.28. The number of carbonyl (C=O) groups is 2. The second kappa shape index (κ2) is 8.40. The van der Waals surface area contributed by atoms with E-state index < -0.39 is 0 Å². The summed E-state index contributed by atoms with van der Waals surface area (Å²) in [5.74, 6) is 0.575. The quantitative estimate of drug-likeness (QED) is 0.600. The number of fused-ring (bicyclic) bond motifs is 1. The van der Waals surface area contributed by atoms with Gasteiger partial charge in [-0.1, -0.05) is 18.2 Å². The molecule has 0 atom stereocenters. The number of hydrogen-bond donors (Lipinski definition) is 2. The molecule has 27 heavy (non-hydrogen) atoms. The number of aromatic nitrogens is 1. The van der Waals surface area contributed by atoms with Crippen LogP contribution in [0, 0.1) is 0 Å². The van der Waals surface area contributed by atoms with Gasteiger partial charge in [-0.05, 0) is 43.2 Å². The third kappa shape index (κ3) is 4.47. The highest BCUT2D eigenvalue weighted by Gasteiger charge is 2.10. The van der Waals surface area contributed by atoms with E-state index in [2.05, 4.69) is 16.4 Å². The SMILES string of the molecule is COc1cc(C(C)=O)ccc1OCC(=O)NCCc1c[nH]c2ccccc12. The first-order valence-corrected chi connectivity index (χ1v) is 8.72. The predicted molar refractivity (Wildman–Crippen MR) is 104 cm³/mol. The molecule has 3 rings (SSSR count). The highest BCUT2D eigenvalue weighted by molar-refractivity contribution is 5.94. The summed E-state index contributed by atoms with van der Waals surface area (Å²) in [6.07, 6.45) is 2.70. The van der Waals surface area contributed by atoms with E-state index in [0.29, 0.717) is 23.6 Å². The van der Waals surface area contributed by atoms with Gasteiger partial charge in [0.1, 0.15) is 0 Å². The highest BCUT2D eigenvalue weighted by atomic mass is 16.5. The lowest BCUT2D eigenvalue weighted by Crippen LogP contribution is -2.30. The molecule has 6 nitrogen and oxygen atoms in total. The molecule has 0 aliphatic heterocycles. The third-order valence-electron chi connectivity index (χ3n) is 4.32. The molecule has 2 aromatic carbocycles. The summed E-state index contributed by atoms with van der Waals surface area (Å²) in [7, 11) is 1.49. The average molecular weight is 366 g/mol. The number of methoxy groups -OCH3 is 1. The van der Waals surface area contributed by atoms with Gasteiger partial charge in [-0.15, -0.1) is 0 Å². The van der Waals surface area contributed by atoms with E-state index in [1.807, 2.05) is 24.4 Å². The van der Waals surface area contributed by atoms with Gasteiger partial charge in [0.2, 0.25) is 0 Å². The van der Waals surface area contributed by atoms with Gasteiger partial charge in [0.15, 0.2) is 23.9 Å². The lowest BCUT2D eigenvalue weighted by Gasteiger charge is -2.11. The van der Waals surface area contributed by atoms with Crippen LogP contribution >= 0.6 is 0 Å². The van der Waals surface area contributed by atoms with Crippen molar-refractivity contribution < 1.29 is 19.1 Å². The van der Waals surface area contributed by atoms with Gasteiger partial charge in [0.05, 0.1) is 7.11 Å². The van der Waals surface area contributed by atoms with Crippen molar-refractivity contribution in [3.63, 3.8) is 0 Å². The molecule has 0 fully saturated rings. The Kier molecular flexibility index (Phi) is 5.76. The van der Waals surface area contributed by atoms with Crippen molar-refractivity contribution in [1.29, 1.82) is 0 Å². The molecule has 0 saturated heterocycles. The third-order valence-corrected chi connectivity index (χ3v) is 4.32. The molecule has 1 heterocycles.